The molecule has 3 nitrogen and oxygen atoms in total. The van der Waals surface area contributed by atoms with E-state index in [4.69, 9.17) is 10.5 Å². The second-order valence-electron chi connectivity index (χ2n) is 4.05. The number of nitrogens with two attached hydrogens (primary N) is 1. The van der Waals surface area contributed by atoms with Gasteiger partial charge in [-0.25, -0.2) is 0 Å². The molecule has 0 saturated carbocycles. The number of carbonyl (C=O) groups is 1. The van der Waals surface area contributed by atoms with Crippen LogP contribution < -0.4 is 5.73 Å². The summed E-state index contributed by atoms with van der Waals surface area (Å²) in [6, 6.07) is 10.1. The zero-order chi connectivity index (χ0) is 12.5. The smallest absolute Gasteiger partial charge is 0.306 e. The number of carbonyl (C=O) groups excluding carboxylic acids is 1. The van der Waals surface area contributed by atoms with Crippen LogP contribution in [0, 0.1) is 0 Å². The maximum atomic E-state index is 11.5. The van der Waals surface area contributed by atoms with Gasteiger partial charge in [-0.3, -0.25) is 4.79 Å². The first-order chi connectivity index (χ1) is 8.27. The Morgan fingerprint density at radius 2 is 2.00 bits per heavy atom. The van der Waals surface area contributed by atoms with Gasteiger partial charge in [-0.15, -0.1) is 12.4 Å². The van der Waals surface area contributed by atoms with Gasteiger partial charge in [-0.2, -0.15) is 0 Å². The van der Waals surface area contributed by atoms with Crippen LogP contribution in [0.3, 0.4) is 0 Å². The zero-order valence-corrected chi connectivity index (χ0v) is 11.6. The first kappa shape index (κ1) is 16.9. The van der Waals surface area contributed by atoms with Crippen LogP contribution in [0.5, 0.6) is 0 Å². The van der Waals surface area contributed by atoms with Crippen molar-refractivity contribution in [3.63, 3.8) is 0 Å². The third-order valence-electron chi connectivity index (χ3n) is 2.75. The first-order valence-corrected chi connectivity index (χ1v) is 6.18. The molecule has 0 fully saturated rings. The Hall–Kier alpha value is -1.06. The molecule has 1 unspecified atom stereocenters. The molecule has 1 aromatic carbocycles. The first-order valence-electron chi connectivity index (χ1n) is 6.18. The molecule has 0 aliphatic heterocycles. The van der Waals surface area contributed by atoms with Crippen molar-refractivity contribution in [2.24, 2.45) is 5.73 Å². The molecular weight excluding hydrogens is 250 g/mol. The van der Waals surface area contributed by atoms with Crippen molar-refractivity contribution in [1.82, 2.24) is 0 Å². The summed E-state index contributed by atoms with van der Waals surface area (Å²) in [6.07, 6.45) is 2.30. The Morgan fingerprint density at radius 1 is 1.33 bits per heavy atom. The zero-order valence-electron chi connectivity index (χ0n) is 10.8. The van der Waals surface area contributed by atoms with Crippen LogP contribution in [0.1, 0.15) is 37.7 Å². The summed E-state index contributed by atoms with van der Waals surface area (Å²) < 4.78 is 5.00. The SMILES string of the molecule is CCOC(=O)CC(CCCN)c1ccccc1.Cl. The Balaban J connectivity index is 0.00000289. The number of halogens is 1. The van der Waals surface area contributed by atoms with Gasteiger partial charge in [0, 0.05) is 0 Å². The molecular formula is C14H22ClNO2. The normalized spacial score (nSPS) is 11.4. The van der Waals surface area contributed by atoms with E-state index in [1.165, 1.54) is 5.56 Å². The van der Waals surface area contributed by atoms with Crippen molar-refractivity contribution in [2.45, 2.75) is 32.1 Å². The van der Waals surface area contributed by atoms with E-state index in [1.807, 2.05) is 25.1 Å². The molecule has 0 aliphatic carbocycles. The molecule has 0 bridgehead atoms. The van der Waals surface area contributed by atoms with E-state index in [1.54, 1.807) is 0 Å². The maximum Gasteiger partial charge on any atom is 0.306 e. The van der Waals surface area contributed by atoms with E-state index >= 15 is 0 Å². The number of hydrogen-bond acceptors (Lipinski definition) is 3. The average molecular weight is 272 g/mol. The second kappa shape index (κ2) is 9.92. The van der Waals surface area contributed by atoms with E-state index in [9.17, 15) is 4.79 Å². The summed E-state index contributed by atoms with van der Waals surface area (Å²) in [5, 5.41) is 0. The Bertz CT molecular complexity index is 330. The lowest BCUT2D eigenvalue weighted by Gasteiger charge is -2.16. The fourth-order valence-electron chi connectivity index (χ4n) is 1.90. The van der Waals surface area contributed by atoms with E-state index in [0.717, 1.165) is 12.8 Å². The van der Waals surface area contributed by atoms with Crippen LogP contribution in [0.15, 0.2) is 30.3 Å². The molecule has 0 saturated heterocycles. The third-order valence-corrected chi connectivity index (χ3v) is 2.75. The predicted octanol–water partition coefficient (Wildman–Crippen LogP) is 2.88. The van der Waals surface area contributed by atoms with E-state index < -0.39 is 0 Å². The van der Waals surface area contributed by atoms with Crippen LogP contribution in [0.2, 0.25) is 0 Å². The third kappa shape index (κ3) is 6.03. The van der Waals surface area contributed by atoms with Gasteiger partial charge in [0.05, 0.1) is 13.0 Å². The lowest BCUT2D eigenvalue weighted by molar-refractivity contribution is -0.143. The summed E-state index contributed by atoms with van der Waals surface area (Å²) in [7, 11) is 0. The standard InChI is InChI=1S/C14H21NO2.ClH/c1-2-17-14(16)11-13(9-6-10-15)12-7-4-3-5-8-12;/h3-5,7-8,13H,2,6,9-11,15H2,1H3;1H. The summed E-state index contributed by atoms with van der Waals surface area (Å²) in [5.41, 5.74) is 6.72. The molecule has 4 heteroatoms. The minimum Gasteiger partial charge on any atom is -0.466 e. The van der Waals surface area contributed by atoms with Gasteiger partial charge in [0.15, 0.2) is 0 Å². The molecule has 1 rings (SSSR count). The summed E-state index contributed by atoms with van der Waals surface area (Å²) in [6.45, 7) is 2.93. The van der Waals surface area contributed by atoms with Gasteiger partial charge in [-0.1, -0.05) is 30.3 Å². The summed E-state index contributed by atoms with van der Waals surface area (Å²) in [5.74, 6) is 0.0946. The number of esters is 1. The molecule has 0 aromatic heterocycles. The monoisotopic (exact) mass is 271 g/mol. The Morgan fingerprint density at radius 3 is 2.56 bits per heavy atom. The highest BCUT2D eigenvalue weighted by atomic mass is 35.5. The molecule has 0 radical (unpaired) electrons. The van der Waals surface area contributed by atoms with Crippen molar-refractivity contribution in [1.29, 1.82) is 0 Å². The minimum atomic E-state index is -0.127. The largest absolute Gasteiger partial charge is 0.466 e. The molecule has 1 atom stereocenters. The van der Waals surface area contributed by atoms with Crippen LogP contribution in [-0.4, -0.2) is 19.1 Å². The van der Waals surface area contributed by atoms with E-state index in [2.05, 4.69) is 12.1 Å². The molecule has 102 valence electrons. The highest BCUT2D eigenvalue weighted by molar-refractivity contribution is 5.85. The second-order valence-corrected chi connectivity index (χ2v) is 4.05. The van der Waals surface area contributed by atoms with Gasteiger partial charge < -0.3 is 10.5 Å². The topological polar surface area (TPSA) is 52.3 Å². The van der Waals surface area contributed by atoms with Crippen LogP contribution in [0.25, 0.3) is 0 Å². The number of ether oxygens (including phenoxy) is 1. The summed E-state index contributed by atoms with van der Waals surface area (Å²) >= 11 is 0. The maximum absolute atomic E-state index is 11.5. The van der Waals surface area contributed by atoms with Gasteiger partial charge in [0.1, 0.15) is 0 Å². The molecule has 2 N–H and O–H groups in total. The van der Waals surface area contributed by atoms with E-state index in [-0.39, 0.29) is 24.3 Å². The number of rotatable bonds is 7. The average Bonchev–Trinajstić information content (AvgIpc) is 2.36. The summed E-state index contributed by atoms with van der Waals surface area (Å²) in [4.78, 5) is 11.5. The molecule has 18 heavy (non-hydrogen) atoms. The fraction of sp³-hybridized carbons (Fsp3) is 0.500. The molecule has 1 aromatic rings. The van der Waals surface area contributed by atoms with Crippen LogP contribution in [-0.2, 0) is 9.53 Å². The number of benzene rings is 1. The van der Waals surface area contributed by atoms with Crippen molar-refractivity contribution in [2.75, 3.05) is 13.2 Å². The van der Waals surface area contributed by atoms with Gasteiger partial charge >= 0.3 is 5.97 Å². The fourth-order valence-corrected chi connectivity index (χ4v) is 1.90. The minimum absolute atomic E-state index is 0. The van der Waals surface area contributed by atoms with Crippen molar-refractivity contribution in [3.8, 4) is 0 Å². The highest BCUT2D eigenvalue weighted by Gasteiger charge is 2.16. The van der Waals surface area contributed by atoms with Crippen molar-refractivity contribution in [3.05, 3.63) is 35.9 Å². The lowest BCUT2D eigenvalue weighted by Crippen LogP contribution is -2.12. The molecule has 0 heterocycles. The quantitative estimate of drug-likeness (QED) is 0.776. The van der Waals surface area contributed by atoms with Gasteiger partial charge in [0.25, 0.3) is 0 Å². The van der Waals surface area contributed by atoms with E-state index in [0.29, 0.717) is 19.6 Å². The van der Waals surface area contributed by atoms with Crippen LogP contribution in [0.4, 0.5) is 0 Å². The van der Waals surface area contributed by atoms with Gasteiger partial charge in [-0.05, 0) is 37.8 Å². The molecule has 0 aliphatic rings. The van der Waals surface area contributed by atoms with Crippen molar-refractivity contribution >= 4 is 18.4 Å². The predicted molar refractivity (Wildman–Crippen MR) is 76.0 cm³/mol. The van der Waals surface area contributed by atoms with Gasteiger partial charge in [0.2, 0.25) is 0 Å². The number of hydrogen-bond donors (Lipinski definition) is 1. The molecule has 0 amide bonds. The van der Waals surface area contributed by atoms with Crippen molar-refractivity contribution < 1.29 is 9.53 Å². The van der Waals surface area contributed by atoms with Crippen LogP contribution >= 0.6 is 12.4 Å². The lowest BCUT2D eigenvalue weighted by atomic mass is 9.91. The Kier molecular flexibility index (Phi) is 9.33. The molecule has 0 spiro atoms. The highest BCUT2D eigenvalue weighted by Crippen LogP contribution is 2.24. The Labute approximate surface area is 115 Å².